The fourth-order valence-corrected chi connectivity index (χ4v) is 4.24. The van der Waals surface area contributed by atoms with Gasteiger partial charge in [-0.15, -0.1) is 0 Å². The molecule has 1 amide bonds. The number of hydrogen-bond donors (Lipinski definition) is 2. The number of fused-ring (bicyclic) bond motifs is 4. The zero-order valence-corrected chi connectivity index (χ0v) is 13.6. The summed E-state index contributed by atoms with van der Waals surface area (Å²) in [6.45, 7) is 3.18. The minimum absolute atomic E-state index is 0.131. The van der Waals surface area contributed by atoms with Crippen molar-refractivity contribution in [1.82, 2.24) is 19.0 Å². The average molecular weight is 365 g/mol. The number of phenolic OH excluding ortho intramolecular Hbond substituents is 1. The van der Waals surface area contributed by atoms with Gasteiger partial charge in [0.1, 0.15) is 5.75 Å². The largest absolute Gasteiger partial charge is 0.508 e. The summed E-state index contributed by atoms with van der Waals surface area (Å²) in [6.07, 6.45) is 2.28. The van der Waals surface area contributed by atoms with Crippen LogP contribution < -0.4 is 0 Å². The first-order chi connectivity index (χ1) is 10.6. The van der Waals surface area contributed by atoms with Crippen LogP contribution >= 0.6 is 16.1 Å². The number of amides is 1. The topological polar surface area (TPSA) is 72.5 Å². The maximum Gasteiger partial charge on any atom is 0.285 e. The summed E-state index contributed by atoms with van der Waals surface area (Å²) in [5.41, 5.74) is 1.09. The van der Waals surface area contributed by atoms with Crippen molar-refractivity contribution in [2.24, 2.45) is 5.92 Å². The number of aromatic nitrogens is 2. The molecule has 116 valence electrons. The van der Waals surface area contributed by atoms with Gasteiger partial charge >= 0.3 is 0 Å². The van der Waals surface area contributed by atoms with Crippen LogP contribution in [0.15, 0.2) is 18.2 Å². The molecule has 1 atom stereocenters. The van der Waals surface area contributed by atoms with Gasteiger partial charge in [-0.3, -0.25) is 13.8 Å². The number of phenols is 1. The van der Waals surface area contributed by atoms with Crippen LogP contribution in [0.3, 0.4) is 0 Å². The van der Waals surface area contributed by atoms with Gasteiger partial charge in [0.05, 0.1) is 27.7 Å². The van der Waals surface area contributed by atoms with Gasteiger partial charge in [-0.25, -0.2) is 0 Å². The van der Waals surface area contributed by atoms with Crippen LogP contribution in [-0.2, 0) is 0 Å². The van der Waals surface area contributed by atoms with Crippen molar-refractivity contribution < 1.29 is 9.90 Å². The Morgan fingerprint density at radius 3 is 2.86 bits per heavy atom. The molecule has 22 heavy (non-hydrogen) atoms. The minimum Gasteiger partial charge on any atom is -0.508 e. The monoisotopic (exact) mass is 364 g/mol. The number of halogens is 1. The summed E-state index contributed by atoms with van der Waals surface area (Å²) in [5.74, 6) is 0.523. The molecule has 5 rings (SSSR count). The molecule has 0 aliphatic carbocycles. The minimum atomic E-state index is -0.157. The molecular weight excluding hydrogens is 348 g/mol. The predicted octanol–water partition coefficient (Wildman–Crippen LogP) is 2.11. The Hall–Kier alpha value is -1.60. The number of benzene rings is 1. The van der Waals surface area contributed by atoms with E-state index in [0.29, 0.717) is 17.0 Å². The summed E-state index contributed by atoms with van der Waals surface area (Å²) in [4.78, 5) is 15.2. The van der Waals surface area contributed by atoms with E-state index in [-0.39, 0.29) is 17.7 Å². The van der Waals surface area contributed by atoms with Crippen LogP contribution in [0, 0.1) is 5.92 Å². The second-order valence-corrected chi connectivity index (χ2v) is 6.89. The number of hydrogen-bond acceptors (Lipinski definition) is 4. The van der Waals surface area contributed by atoms with E-state index in [1.165, 1.54) is 0 Å². The van der Waals surface area contributed by atoms with Crippen LogP contribution in [-0.4, -0.2) is 55.7 Å². The first-order valence-electron chi connectivity index (χ1n) is 7.52. The van der Waals surface area contributed by atoms with E-state index in [4.69, 9.17) is 0 Å². The number of aromatic hydroxyl groups is 1. The number of H-pyrrole nitrogens is 1. The van der Waals surface area contributed by atoms with E-state index in [1.807, 2.05) is 0 Å². The van der Waals surface area contributed by atoms with Crippen LogP contribution in [0.2, 0.25) is 0 Å². The summed E-state index contributed by atoms with van der Waals surface area (Å²) in [7, 11) is 0. The molecule has 1 aromatic heterocycles. The number of rotatable bonds is 2. The maximum absolute atomic E-state index is 12.8. The van der Waals surface area contributed by atoms with Crippen LogP contribution in [0.5, 0.6) is 5.75 Å². The fourth-order valence-electron chi connectivity index (χ4n) is 3.61. The van der Waals surface area contributed by atoms with Crippen molar-refractivity contribution in [2.45, 2.75) is 18.9 Å². The molecule has 2 aromatic rings. The Bertz CT molecular complexity index is 723. The highest BCUT2D eigenvalue weighted by Crippen LogP contribution is 2.33. The van der Waals surface area contributed by atoms with Gasteiger partial charge in [0.25, 0.3) is 5.91 Å². The zero-order valence-electron chi connectivity index (χ0n) is 12.0. The van der Waals surface area contributed by atoms with Crippen LogP contribution in [0.25, 0.3) is 10.9 Å². The summed E-state index contributed by atoms with van der Waals surface area (Å²) >= 11 is 3.47. The molecule has 7 heteroatoms. The number of nitrogens with one attached hydrogen (secondary N) is 1. The lowest BCUT2D eigenvalue weighted by atomic mass is 9.84. The molecule has 2 bridgehead atoms. The van der Waals surface area contributed by atoms with Crippen molar-refractivity contribution in [3.05, 3.63) is 23.9 Å². The Balaban J connectivity index is 1.64. The normalized spacial score (nSPS) is 27.2. The lowest BCUT2D eigenvalue weighted by molar-refractivity contribution is 0.0384. The third-order valence-corrected chi connectivity index (χ3v) is 5.70. The van der Waals surface area contributed by atoms with Crippen molar-refractivity contribution >= 4 is 33.0 Å². The summed E-state index contributed by atoms with van der Waals surface area (Å²) < 4.78 is 1.66. The van der Waals surface area contributed by atoms with E-state index in [1.54, 1.807) is 22.1 Å². The third kappa shape index (κ3) is 2.19. The van der Waals surface area contributed by atoms with E-state index < -0.39 is 0 Å². The SMILES string of the molecule is O=C(c1n[nH]c2ccc(O)cc12)N(Br)[C@@H]1CN2CCC1CC2. The highest BCUT2D eigenvalue weighted by molar-refractivity contribution is 9.07. The van der Waals surface area contributed by atoms with Crippen molar-refractivity contribution in [3.8, 4) is 5.75 Å². The molecule has 3 aliphatic rings. The Morgan fingerprint density at radius 2 is 2.18 bits per heavy atom. The quantitative estimate of drug-likeness (QED) is 0.800. The van der Waals surface area contributed by atoms with Gasteiger partial charge in [0.2, 0.25) is 0 Å². The van der Waals surface area contributed by atoms with Crippen molar-refractivity contribution in [1.29, 1.82) is 0 Å². The van der Waals surface area contributed by atoms with Gasteiger partial charge in [-0.2, -0.15) is 5.10 Å². The number of nitrogens with zero attached hydrogens (tertiary/aromatic N) is 3. The lowest BCUT2D eigenvalue weighted by Crippen LogP contribution is -2.56. The smallest absolute Gasteiger partial charge is 0.285 e. The second kappa shape index (κ2) is 5.24. The fraction of sp³-hybridized carbons (Fsp3) is 0.467. The van der Waals surface area contributed by atoms with Crippen molar-refractivity contribution in [3.63, 3.8) is 0 Å². The Kier molecular flexibility index (Phi) is 3.34. The van der Waals surface area contributed by atoms with Crippen LogP contribution in [0.4, 0.5) is 0 Å². The average Bonchev–Trinajstić information content (AvgIpc) is 2.97. The lowest BCUT2D eigenvalue weighted by Gasteiger charge is -2.46. The first-order valence-corrected chi connectivity index (χ1v) is 8.23. The van der Waals surface area contributed by atoms with Gasteiger partial charge in [0, 0.05) is 11.9 Å². The van der Waals surface area contributed by atoms with Gasteiger partial charge in [-0.05, 0) is 50.0 Å². The zero-order chi connectivity index (χ0) is 15.3. The van der Waals surface area contributed by atoms with E-state index in [2.05, 4.69) is 31.2 Å². The van der Waals surface area contributed by atoms with E-state index in [9.17, 15) is 9.90 Å². The molecule has 6 nitrogen and oxygen atoms in total. The molecule has 3 saturated heterocycles. The van der Waals surface area contributed by atoms with Gasteiger partial charge < -0.3 is 10.0 Å². The molecule has 0 radical (unpaired) electrons. The molecule has 0 spiro atoms. The molecule has 3 aliphatic heterocycles. The second-order valence-electron chi connectivity index (χ2n) is 6.12. The first kappa shape index (κ1) is 14.0. The molecule has 1 aromatic carbocycles. The van der Waals surface area contributed by atoms with Gasteiger partial charge in [0.15, 0.2) is 5.69 Å². The standard InChI is InChI=1S/C15H17BrN4O2/c16-20(13-8-19-5-3-9(13)4-6-19)15(22)14-11-7-10(21)1-2-12(11)17-18-14/h1-2,7,9,13,21H,3-6,8H2,(H,17,18)/t13-/m1/s1. The number of aromatic amines is 1. The molecule has 3 fully saturated rings. The molecular formula is C15H17BrN4O2. The number of piperidine rings is 3. The molecule has 0 saturated carbocycles. The Morgan fingerprint density at radius 1 is 1.41 bits per heavy atom. The number of carbonyl (C=O) groups excluding carboxylic acids is 1. The maximum atomic E-state index is 12.8. The van der Waals surface area contributed by atoms with E-state index >= 15 is 0 Å². The highest BCUT2D eigenvalue weighted by Gasteiger charge is 2.39. The van der Waals surface area contributed by atoms with Crippen LogP contribution in [0.1, 0.15) is 23.3 Å². The third-order valence-electron chi connectivity index (χ3n) is 4.86. The Labute approximate surface area is 136 Å². The molecule has 4 heterocycles. The van der Waals surface area contributed by atoms with Crippen molar-refractivity contribution in [2.75, 3.05) is 19.6 Å². The highest BCUT2D eigenvalue weighted by atomic mass is 79.9. The molecule has 0 unspecified atom stereocenters. The summed E-state index contributed by atoms with van der Waals surface area (Å²) in [5, 5.41) is 17.3. The summed E-state index contributed by atoms with van der Waals surface area (Å²) in [6, 6.07) is 5.05. The van der Waals surface area contributed by atoms with E-state index in [0.717, 1.165) is 38.0 Å². The molecule has 2 N–H and O–H groups in total. The van der Waals surface area contributed by atoms with Gasteiger partial charge in [-0.1, -0.05) is 0 Å². The number of carbonyl (C=O) groups is 1. The predicted molar refractivity (Wildman–Crippen MR) is 85.8 cm³/mol.